The highest BCUT2D eigenvalue weighted by atomic mass is 32.1. The molecule has 1 aromatic heterocycles. The van der Waals surface area contributed by atoms with Crippen LogP contribution in [0.5, 0.6) is 0 Å². The third kappa shape index (κ3) is 3.57. The SMILES string of the molecule is O=C(O)CC1CCC(=O)N(Cc2cccs2)CC1. The van der Waals surface area contributed by atoms with Gasteiger partial charge in [0, 0.05) is 24.3 Å². The molecule has 1 aliphatic heterocycles. The molecule has 98 valence electrons. The number of carboxylic acid groups (broad SMARTS) is 1. The molecule has 2 rings (SSSR count). The molecular weight excluding hydrogens is 250 g/mol. The van der Waals surface area contributed by atoms with E-state index in [0.29, 0.717) is 25.9 Å². The van der Waals surface area contributed by atoms with E-state index in [2.05, 4.69) is 0 Å². The van der Waals surface area contributed by atoms with E-state index in [4.69, 9.17) is 5.11 Å². The number of likely N-dealkylation sites (tertiary alicyclic amines) is 1. The maximum absolute atomic E-state index is 12.0. The van der Waals surface area contributed by atoms with Crippen LogP contribution >= 0.6 is 11.3 Å². The maximum Gasteiger partial charge on any atom is 0.303 e. The Morgan fingerprint density at radius 1 is 1.50 bits per heavy atom. The van der Waals surface area contributed by atoms with E-state index in [-0.39, 0.29) is 18.2 Å². The zero-order valence-corrected chi connectivity index (χ0v) is 11.0. The van der Waals surface area contributed by atoms with Crippen molar-refractivity contribution in [2.75, 3.05) is 6.54 Å². The van der Waals surface area contributed by atoms with Crippen LogP contribution in [-0.2, 0) is 16.1 Å². The Morgan fingerprint density at radius 2 is 2.33 bits per heavy atom. The Balaban J connectivity index is 1.92. The minimum absolute atomic E-state index is 0.139. The number of carboxylic acids is 1. The lowest BCUT2D eigenvalue weighted by molar-refractivity contribution is -0.138. The fraction of sp³-hybridized carbons (Fsp3) is 0.538. The van der Waals surface area contributed by atoms with Crippen molar-refractivity contribution in [2.24, 2.45) is 5.92 Å². The van der Waals surface area contributed by atoms with Gasteiger partial charge in [0.15, 0.2) is 0 Å². The molecule has 0 radical (unpaired) electrons. The number of thiophene rings is 1. The van der Waals surface area contributed by atoms with Crippen LogP contribution in [-0.4, -0.2) is 28.4 Å². The summed E-state index contributed by atoms with van der Waals surface area (Å²) in [5, 5.41) is 10.8. The first kappa shape index (κ1) is 13.1. The van der Waals surface area contributed by atoms with Crippen molar-refractivity contribution < 1.29 is 14.7 Å². The molecule has 1 N–H and O–H groups in total. The van der Waals surface area contributed by atoms with Crippen LogP contribution < -0.4 is 0 Å². The van der Waals surface area contributed by atoms with Gasteiger partial charge >= 0.3 is 5.97 Å². The summed E-state index contributed by atoms with van der Waals surface area (Å²) >= 11 is 1.65. The van der Waals surface area contributed by atoms with Crippen molar-refractivity contribution in [3.63, 3.8) is 0 Å². The average Bonchev–Trinajstić information content (AvgIpc) is 2.76. The first-order valence-electron chi connectivity index (χ1n) is 6.17. The molecule has 1 aliphatic rings. The Morgan fingerprint density at radius 3 is 3.00 bits per heavy atom. The highest BCUT2D eigenvalue weighted by molar-refractivity contribution is 7.09. The van der Waals surface area contributed by atoms with Gasteiger partial charge in [-0.1, -0.05) is 6.07 Å². The first-order valence-corrected chi connectivity index (χ1v) is 7.05. The Hall–Kier alpha value is -1.36. The molecule has 1 saturated heterocycles. The van der Waals surface area contributed by atoms with Gasteiger partial charge in [0.05, 0.1) is 6.54 Å². The Labute approximate surface area is 110 Å². The van der Waals surface area contributed by atoms with Gasteiger partial charge < -0.3 is 10.0 Å². The van der Waals surface area contributed by atoms with Crippen LogP contribution in [0.1, 0.15) is 30.6 Å². The van der Waals surface area contributed by atoms with Crippen molar-refractivity contribution >= 4 is 23.2 Å². The highest BCUT2D eigenvalue weighted by Crippen LogP contribution is 2.23. The molecule has 1 aromatic rings. The molecule has 0 saturated carbocycles. The molecule has 1 unspecified atom stereocenters. The predicted molar refractivity (Wildman–Crippen MR) is 69.3 cm³/mol. The molecule has 4 nitrogen and oxygen atoms in total. The normalized spacial score (nSPS) is 20.8. The number of hydrogen-bond donors (Lipinski definition) is 1. The van der Waals surface area contributed by atoms with E-state index in [0.717, 1.165) is 6.42 Å². The number of carbonyl (C=O) groups is 2. The van der Waals surface area contributed by atoms with Gasteiger partial charge in [0.2, 0.25) is 5.91 Å². The first-order chi connectivity index (χ1) is 8.65. The zero-order valence-electron chi connectivity index (χ0n) is 10.2. The maximum atomic E-state index is 12.0. The second kappa shape index (κ2) is 6.00. The standard InChI is InChI=1S/C13H17NO3S/c15-12-4-3-10(8-13(16)17)5-6-14(12)9-11-2-1-7-18-11/h1-2,7,10H,3-6,8-9H2,(H,16,17). The molecule has 1 fully saturated rings. The van der Waals surface area contributed by atoms with Crippen LogP contribution in [0.3, 0.4) is 0 Å². The number of hydrogen-bond acceptors (Lipinski definition) is 3. The molecule has 2 heterocycles. The lowest BCUT2D eigenvalue weighted by Crippen LogP contribution is -2.29. The lowest BCUT2D eigenvalue weighted by Gasteiger charge is -2.19. The van der Waals surface area contributed by atoms with Crippen LogP contribution in [0.2, 0.25) is 0 Å². The summed E-state index contributed by atoms with van der Waals surface area (Å²) in [5.74, 6) is -0.477. The van der Waals surface area contributed by atoms with E-state index >= 15 is 0 Å². The number of rotatable bonds is 4. The third-order valence-electron chi connectivity index (χ3n) is 3.32. The molecule has 1 amide bonds. The van der Waals surface area contributed by atoms with Gasteiger partial charge in [0.25, 0.3) is 0 Å². The molecule has 0 aromatic carbocycles. The lowest BCUT2D eigenvalue weighted by atomic mass is 9.97. The van der Waals surface area contributed by atoms with Crippen molar-refractivity contribution in [3.05, 3.63) is 22.4 Å². The summed E-state index contributed by atoms with van der Waals surface area (Å²) in [5.41, 5.74) is 0. The van der Waals surface area contributed by atoms with Crippen molar-refractivity contribution in [1.29, 1.82) is 0 Å². The molecule has 0 aliphatic carbocycles. The second-order valence-corrected chi connectivity index (χ2v) is 5.72. The highest BCUT2D eigenvalue weighted by Gasteiger charge is 2.24. The van der Waals surface area contributed by atoms with E-state index < -0.39 is 5.97 Å². The summed E-state index contributed by atoms with van der Waals surface area (Å²) in [4.78, 5) is 25.7. The summed E-state index contributed by atoms with van der Waals surface area (Å²) < 4.78 is 0. The topological polar surface area (TPSA) is 57.6 Å². The number of carbonyl (C=O) groups excluding carboxylic acids is 1. The molecule has 0 bridgehead atoms. The second-order valence-electron chi connectivity index (χ2n) is 4.69. The van der Waals surface area contributed by atoms with Crippen LogP contribution in [0.25, 0.3) is 0 Å². The minimum atomic E-state index is -0.765. The number of nitrogens with zero attached hydrogens (tertiary/aromatic N) is 1. The van der Waals surface area contributed by atoms with Gasteiger partial charge in [0.1, 0.15) is 0 Å². The van der Waals surface area contributed by atoms with E-state index in [1.165, 1.54) is 4.88 Å². The van der Waals surface area contributed by atoms with Gasteiger partial charge in [-0.15, -0.1) is 11.3 Å². The molecular formula is C13H17NO3S. The minimum Gasteiger partial charge on any atom is -0.481 e. The van der Waals surface area contributed by atoms with Gasteiger partial charge in [-0.2, -0.15) is 0 Å². The molecule has 1 atom stereocenters. The molecule has 18 heavy (non-hydrogen) atoms. The smallest absolute Gasteiger partial charge is 0.303 e. The molecule has 5 heteroatoms. The fourth-order valence-electron chi connectivity index (χ4n) is 2.30. The summed E-state index contributed by atoms with van der Waals surface area (Å²) in [6.45, 7) is 1.34. The quantitative estimate of drug-likeness (QED) is 0.911. The van der Waals surface area contributed by atoms with Crippen LogP contribution in [0.4, 0.5) is 0 Å². The van der Waals surface area contributed by atoms with E-state index in [1.807, 2.05) is 22.4 Å². The fourth-order valence-corrected chi connectivity index (χ4v) is 3.02. The zero-order chi connectivity index (χ0) is 13.0. The monoisotopic (exact) mass is 267 g/mol. The van der Waals surface area contributed by atoms with Gasteiger partial charge in [-0.3, -0.25) is 9.59 Å². The van der Waals surface area contributed by atoms with Gasteiger partial charge in [-0.05, 0) is 30.2 Å². The largest absolute Gasteiger partial charge is 0.481 e. The molecule has 0 spiro atoms. The van der Waals surface area contributed by atoms with Crippen molar-refractivity contribution in [2.45, 2.75) is 32.2 Å². The summed E-state index contributed by atoms with van der Waals surface area (Å²) in [6.07, 6.45) is 2.15. The average molecular weight is 267 g/mol. The predicted octanol–water partition coefficient (Wildman–Crippen LogP) is 2.35. The van der Waals surface area contributed by atoms with Crippen LogP contribution in [0.15, 0.2) is 17.5 Å². The number of aliphatic carboxylic acids is 1. The van der Waals surface area contributed by atoms with E-state index in [1.54, 1.807) is 11.3 Å². The van der Waals surface area contributed by atoms with Crippen molar-refractivity contribution in [1.82, 2.24) is 4.90 Å². The third-order valence-corrected chi connectivity index (χ3v) is 4.18. The van der Waals surface area contributed by atoms with Crippen LogP contribution in [0, 0.1) is 5.92 Å². The van der Waals surface area contributed by atoms with Crippen molar-refractivity contribution in [3.8, 4) is 0 Å². The summed E-state index contributed by atoms with van der Waals surface area (Å²) in [6, 6.07) is 4.01. The number of amides is 1. The Kier molecular flexibility index (Phi) is 4.36. The van der Waals surface area contributed by atoms with Gasteiger partial charge in [-0.25, -0.2) is 0 Å². The summed E-state index contributed by atoms with van der Waals surface area (Å²) in [7, 11) is 0. The van der Waals surface area contributed by atoms with E-state index in [9.17, 15) is 9.59 Å². The Bertz CT molecular complexity index is 416.